The molecule has 1 rings (SSSR count). The largest absolute Gasteiger partial charge is 0.382 e. The van der Waals surface area contributed by atoms with Gasteiger partial charge in [-0.25, -0.2) is 0 Å². The van der Waals surface area contributed by atoms with E-state index < -0.39 is 0 Å². The van der Waals surface area contributed by atoms with Gasteiger partial charge in [0.1, 0.15) is 5.56 Å². The van der Waals surface area contributed by atoms with Crippen molar-refractivity contribution < 1.29 is 4.79 Å². The predicted molar refractivity (Wildman–Crippen MR) is 59.7 cm³/mol. The first-order valence-corrected chi connectivity index (χ1v) is 5.07. The van der Waals surface area contributed by atoms with E-state index in [9.17, 15) is 4.79 Å². The Bertz CT molecular complexity index is 356. The molecule has 0 spiro atoms. The summed E-state index contributed by atoms with van der Waals surface area (Å²) in [5.41, 5.74) is 6.17. The van der Waals surface area contributed by atoms with Crippen LogP contribution in [0.5, 0.6) is 0 Å². The topological polar surface area (TPSA) is 64.2 Å². The number of carbonyl (C=O) groups excluding carboxylic acids is 1. The zero-order valence-corrected chi connectivity index (χ0v) is 9.69. The Hall–Kier alpha value is -1.52. The van der Waals surface area contributed by atoms with Crippen LogP contribution in [0.3, 0.4) is 0 Å². The SMILES string of the molecule is CCN(C)C(=O)c1cn(C(C)C)nc1N. The summed E-state index contributed by atoms with van der Waals surface area (Å²) in [7, 11) is 1.74. The molecule has 5 nitrogen and oxygen atoms in total. The normalized spacial score (nSPS) is 10.7. The van der Waals surface area contributed by atoms with Crippen LogP contribution in [0.25, 0.3) is 0 Å². The second-order valence-corrected chi connectivity index (χ2v) is 3.82. The highest BCUT2D eigenvalue weighted by Gasteiger charge is 2.17. The molecule has 0 bridgehead atoms. The number of rotatable bonds is 3. The van der Waals surface area contributed by atoms with E-state index in [-0.39, 0.29) is 11.9 Å². The number of nitrogens with two attached hydrogens (primary N) is 1. The molecule has 0 aromatic carbocycles. The van der Waals surface area contributed by atoms with Crippen LogP contribution in [0.2, 0.25) is 0 Å². The monoisotopic (exact) mass is 210 g/mol. The first-order chi connectivity index (χ1) is 6.97. The Labute approximate surface area is 89.9 Å². The van der Waals surface area contributed by atoms with Crippen LogP contribution >= 0.6 is 0 Å². The fourth-order valence-electron chi connectivity index (χ4n) is 1.18. The van der Waals surface area contributed by atoms with Gasteiger partial charge in [0.2, 0.25) is 0 Å². The summed E-state index contributed by atoms with van der Waals surface area (Å²) in [4.78, 5) is 13.4. The third kappa shape index (κ3) is 2.29. The van der Waals surface area contributed by atoms with Crippen molar-refractivity contribution in [3.63, 3.8) is 0 Å². The molecule has 5 heteroatoms. The van der Waals surface area contributed by atoms with Gasteiger partial charge in [-0.15, -0.1) is 0 Å². The highest BCUT2D eigenvalue weighted by Crippen LogP contribution is 2.14. The zero-order valence-electron chi connectivity index (χ0n) is 9.69. The molecular formula is C10H18N4O. The Morgan fingerprint density at radius 3 is 2.67 bits per heavy atom. The highest BCUT2D eigenvalue weighted by atomic mass is 16.2. The maximum absolute atomic E-state index is 11.8. The number of aromatic nitrogens is 2. The third-order valence-corrected chi connectivity index (χ3v) is 2.34. The van der Waals surface area contributed by atoms with Crippen LogP contribution in [0.4, 0.5) is 5.82 Å². The van der Waals surface area contributed by atoms with Gasteiger partial charge in [0.05, 0.1) is 0 Å². The van der Waals surface area contributed by atoms with Crippen molar-refractivity contribution in [2.45, 2.75) is 26.8 Å². The van der Waals surface area contributed by atoms with Gasteiger partial charge >= 0.3 is 0 Å². The molecule has 0 radical (unpaired) electrons. The minimum absolute atomic E-state index is 0.0816. The van der Waals surface area contributed by atoms with E-state index in [0.717, 1.165) is 0 Å². The molecule has 0 aliphatic carbocycles. The first kappa shape index (κ1) is 11.6. The van der Waals surface area contributed by atoms with E-state index in [1.165, 1.54) is 0 Å². The van der Waals surface area contributed by atoms with Crippen LogP contribution < -0.4 is 5.73 Å². The predicted octanol–water partition coefficient (Wildman–Crippen LogP) is 1.14. The minimum atomic E-state index is -0.0816. The lowest BCUT2D eigenvalue weighted by Crippen LogP contribution is -2.26. The van der Waals surface area contributed by atoms with Crippen LogP contribution in [-0.4, -0.2) is 34.2 Å². The van der Waals surface area contributed by atoms with Crippen molar-refractivity contribution in [2.24, 2.45) is 0 Å². The van der Waals surface area contributed by atoms with Gasteiger partial charge in [0.25, 0.3) is 5.91 Å². The first-order valence-electron chi connectivity index (χ1n) is 5.07. The minimum Gasteiger partial charge on any atom is -0.382 e. The van der Waals surface area contributed by atoms with Crippen molar-refractivity contribution in [1.29, 1.82) is 0 Å². The molecule has 1 aromatic rings. The van der Waals surface area contributed by atoms with Crippen LogP contribution in [0.15, 0.2) is 6.20 Å². The quantitative estimate of drug-likeness (QED) is 0.813. The molecule has 15 heavy (non-hydrogen) atoms. The Kier molecular flexibility index (Phi) is 3.34. The fraction of sp³-hybridized carbons (Fsp3) is 0.600. The molecular weight excluding hydrogens is 192 g/mol. The number of carbonyl (C=O) groups is 1. The van der Waals surface area contributed by atoms with Crippen molar-refractivity contribution in [2.75, 3.05) is 19.3 Å². The molecule has 1 heterocycles. The summed E-state index contributed by atoms with van der Waals surface area (Å²) in [5.74, 6) is 0.218. The molecule has 1 amide bonds. The standard InChI is InChI=1S/C10H18N4O/c1-5-13(4)10(15)8-6-14(7(2)3)12-9(8)11/h6-7H,5H2,1-4H3,(H2,11,12). The summed E-state index contributed by atoms with van der Waals surface area (Å²) in [6.07, 6.45) is 1.70. The lowest BCUT2D eigenvalue weighted by atomic mass is 10.3. The number of amides is 1. The molecule has 0 aliphatic heterocycles. The third-order valence-electron chi connectivity index (χ3n) is 2.34. The number of hydrogen-bond acceptors (Lipinski definition) is 3. The van der Waals surface area contributed by atoms with Crippen molar-refractivity contribution in [3.05, 3.63) is 11.8 Å². The maximum Gasteiger partial charge on any atom is 0.258 e. The van der Waals surface area contributed by atoms with Crippen molar-refractivity contribution >= 4 is 11.7 Å². The van der Waals surface area contributed by atoms with Gasteiger partial charge in [-0.05, 0) is 20.8 Å². The molecule has 0 atom stereocenters. The lowest BCUT2D eigenvalue weighted by Gasteiger charge is -2.12. The average Bonchev–Trinajstić information content (AvgIpc) is 2.58. The van der Waals surface area contributed by atoms with E-state index in [2.05, 4.69) is 5.10 Å². The Morgan fingerprint density at radius 1 is 1.67 bits per heavy atom. The molecule has 0 unspecified atom stereocenters. The van der Waals surface area contributed by atoms with Gasteiger partial charge < -0.3 is 10.6 Å². The van der Waals surface area contributed by atoms with Gasteiger partial charge in [-0.2, -0.15) is 5.10 Å². The number of hydrogen-bond donors (Lipinski definition) is 1. The average molecular weight is 210 g/mol. The molecule has 0 saturated heterocycles. The van der Waals surface area contributed by atoms with Gasteiger partial charge in [0.15, 0.2) is 5.82 Å². The lowest BCUT2D eigenvalue weighted by molar-refractivity contribution is 0.0803. The molecule has 84 valence electrons. The van der Waals surface area contributed by atoms with E-state index in [4.69, 9.17) is 5.73 Å². The number of anilines is 1. The molecule has 0 saturated carbocycles. The fourth-order valence-corrected chi connectivity index (χ4v) is 1.18. The summed E-state index contributed by atoms with van der Waals surface area (Å²) in [6, 6.07) is 0.209. The van der Waals surface area contributed by atoms with Crippen molar-refractivity contribution in [1.82, 2.24) is 14.7 Å². The van der Waals surface area contributed by atoms with E-state index in [0.29, 0.717) is 17.9 Å². The Morgan fingerprint density at radius 2 is 2.27 bits per heavy atom. The van der Waals surface area contributed by atoms with Crippen LogP contribution in [0, 0.1) is 0 Å². The summed E-state index contributed by atoms with van der Waals surface area (Å²) in [6.45, 7) is 6.56. The van der Waals surface area contributed by atoms with Gasteiger partial charge in [0, 0.05) is 25.8 Å². The van der Waals surface area contributed by atoms with E-state index in [1.807, 2.05) is 20.8 Å². The smallest absolute Gasteiger partial charge is 0.258 e. The van der Waals surface area contributed by atoms with Crippen LogP contribution in [0.1, 0.15) is 37.2 Å². The molecule has 2 N–H and O–H groups in total. The van der Waals surface area contributed by atoms with Crippen molar-refractivity contribution in [3.8, 4) is 0 Å². The number of nitrogen functional groups attached to an aromatic ring is 1. The zero-order chi connectivity index (χ0) is 11.6. The summed E-state index contributed by atoms with van der Waals surface area (Å²) < 4.78 is 1.70. The second-order valence-electron chi connectivity index (χ2n) is 3.82. The van der Waals surface area contributed by atoms with Gasteiger partial charge in [-0.1, -0.05) is 0 Å². The molecule has 0 aliphatic rings. The molecule has 1 aromatic heterocycles. The van der Waals surface area contributed by atoms with Gasteiger partial charge in [-0.3, -0.25) is 9.48 Å². The number of nitrogens with zero attached hydrogens (tertiary/aromatic N) is 3. The summed E-state index contributed by atoms with van der Waals surface area (Å²) in [5, 5.41) is 4.09. The molecule has 0 fully saturated rings. The maximum atomic E-state index is 11.8. The highest BCUT2D eigenvalue weighted by molar-refractivity contribution is 5.97. The Balaban J connectivity index is 2.99. The van der Waals surface area contributed by atoms with E-state index in [1.54, 1.807) is 22.8 Å². The van der Waals surface area contributed by atoms with E-state index >= 15 is 0 Å². The summed E-state index contributed by atoms with van der Waals surface area (Å²) >= 11 is 0. The second kappa shape index (κ2) is 4.33. The van der Waals surface area contributed by atoms with Crippen LogP contribution in [-0.2, 0) is 0 Å².